The van der Waals surface area contributed by atoms with Crippen LogP contribution in [0.4, 0.5) is 0 Å². The number of amides is 1. The van der Waals surface area contributed by atoms with Gasteiger partial charge in [0.05, 0.1) is 0 Å². The lowest BCUT2D eigenvalue weighted by molar-refractivity contribution is -0.134. The summed E-state index contributed by atoms with van der Waals surface area (Å²) in [5.74, 6) is 1.45. The maximum Gasteiger partial charge on any atom is 0.225 e. The molecule has 0 aromatic carbocycles. The Balaban J connectivity index is 1.79. The maximum atomic E-state index is 11.8. The molecule has 1 aliphatic carbocycles. The quantitative estimate of drug-likeness (QED) is 0.697. The molecule has 1 aliphatic heterocycles. The molecule has 0 aromatic heterocycles. The van der Waals surface area contributed by atoms with Crippen molar-refractivity contribution in [2.24, 2.45) is 11.8 Å². The Morgan fingerprint density at radius 3 is 2.13 bits per heavy atom. The molecule has 1 N–H and O–H groups in total. The van der Waals surface area contributed by atoms with Crippen molar-refractivity contribution in [3.63, 3.8) is 0 Å². The fourth-order valence-corrected chi connectivity index (χ4v) is 2.88. The molecule has 0 radical (unpaired) electrons. The average molecular weight is 210 g/mol. The van der Waals surface area contributed by atoms with E-state index in [0.717, 1.165) is 30.8 Å². The van der Waals surface area contributed by atoms with E-state index in [9.17, 15) is 4.79 Å². The molecule has 1 amide bonds. The van der Waals surface area contributed by atoms with E-state index in [-0.39, 0.29) is 0 Å². The van der Waals surface area contributed by atoms with E-state index in [1.54, 1.807) is 4.90 Å². The molecule has 0 bridgehead atoms. The Hall–Kier alpha value is -0.570. The van der Waals surface area contributed by atoms with Gasteiger partial charge in [-0.25, -0.2) is 0 Å². The molecule has 2 rings (SSSR count). The molecule has 1 heterocycles. The number of carbonyl (C=O) groups excluding carboxylic acids is 1. The summed E-state index contributed by atoms with van der Waals surface area (Å²) in [4.78, 5) is 13.5. The number of nitrogens with zero attached hydrogens (tertiary/aromatic N) is 1. The minimum Gasteiger partial charge on any atom is -0.349 e. The van der Waals surface area contributed by atoms with Crippen molar-refractivity contribution < 1.29 is 4.79 Å². The lowest BCUT2D eigenvalue weighted by Gasteiger charge is -2.29. The minimum atomic E-state index is 0.297. The van der Waals surface area contributed by atoms with Gasteiger partial charge in [-0.2, -0.15) is 0 Å². The lowest BCUT2D eigenvalue weighted by atomic mass is 9.79. The molecule has 3 nitrogen and oxygen atoms in total. The van der Waals surface area contributed by atoms with Crippen molar-refractivity contribution in [2.45, 2.75) is 44.7 Å². The molecule has 0 spiro atoms. The third-order valence-corrected chi connectivity index (χ3v) is 3.95. The largest absolute Gasteiger partial charge is 0.349 e. The zero-order valence-electron chi connectivity index (χ0n) is 9.99. The van der Waals surface area contributed by atoms with Crippen LogP contribution in [0.15, 0.2) is 0 Å². The van der Waals surface area contributed by atoms with Crippen LogP contribution in [-0.2, 0) is 4.79 Å². The molecule has 3 heteroatoms. The van der Waals surface area contributed by atoms with Gasteiger partial charge in [0.15, 0.2) is 0 Å². The summed E-state index contributed by atoms with van der Waals surface area (Å²) in [6, 6.07) is 1.47. The second-order valence-corrected chi connectivity index (χ2v) is 5.33. The summed E-state index contributed by atoms with van der Waals surface area (Å²) in [5, 5.41) is 3.47. The van der Waals surface area contributed by atoms with Gasteiger partial charge >= 0.3 is 0 Å². The van der Waals surface area contributed by atoms with Gasteiger partial charge in [0.1, 0.15) is 0 Å². The SMILES string of the molecule is CC1NC1C1CCC(C(=O)N(C)C)CC1. The van der Waals surface area contributed by atoms with E-state index in [1.165, 1.54) is 12.8 Å². The fraction of sp³-hybridized carbons (Fsp3) is 0.917. The third-order valence-electron chi connectivity index (χ3n) is 3.95. The van der Waals surface area contributed by atoms with Crippen LogP contribution >= 0.6 is 0 Å². The van der Waals surface area contributed by atoms with Crippen LogP contribution in [0.25, 0.3) is 0 Å². The van der Waals surface area contributed by atoms with E-state index in [0.29, 0.717) is 11.8 Å². The first-order chi connectivity index (χ1) is 7.09. The molecular weight excluding hydrogens is 188 g/mol. The first-order valence-corrected chi connectivity index (χ1v) is 6.07. The highest BCUT2D eigenvalue weighted by molar-refractivity contribution is 5.78. The Morgan fingerprint density at radius 1 is 1.20 bits per heavy atom. The molecule has 2 aliphatic rings. The van der Waals surface area contributed by atoms with E-state index in [1.807, 2.05) is 14.1 Å². The molecule has 0 aromatic rings. The van der Waals surface area contributed by atoms with Gasteiger partial charge in [-0.05, 0) is 38.5 Å². The zero-order valence-corrected chi connectivity index (χ0v) is 9.99. The van der Waals surface area contributed by atoms with Crippen molar-refractivity contribution in [3.8, 4) is 0 Å². The van der Waals surface area contributed by atoms with Gasteiger partial charge < -0.3 is 10.2 Å². The average Bonchev–Trinajstić information content (AvgIpc) is 2.94. The molecule has 15 heavy (non-hydrogen) atoms. The van der Waals surface area contributed by atoms with E-state index >= 15 is 0 Å². The van der Waals surface area contributed by atoms with Crippen LogP contribution in [0.2, 0.25) is 0 Å². The Bertz CT molecular complexity index is 244. The number of rotatable bonds is 2. The standard InChI is InChI=1S/C12H22N2O/c1-8-11(13-8)9-4-6-10(7-5-9)12(15)14(2)3/h8-11,13H,4-7H2,1-3H3. The van der Waals surface area contributed by atoms with Crippen LogP contribution in [0.1, 0.15) is 32.6 Å². The van der Waals surface area contributed by atoms with Crippen molar-refractivity contribution in [1.82, 2.24) is 10.2 Å². The minimum absolute atomic E-state index is 0.297. The van der Waals surface area contributed by atoms with Crippen LogP contribution in [0, 0.1) is 11.8 Å². The third kappa shape index (κ3) is 2.33. The fourth-order valence-electron chi connectivity index (χ4n) is 2.88. The highest BCUT2D eigenvalue weighted by Crippen LogP contribution is 2.36. The van der Waals surface area contributed by atoms with Gasteiger partial charge in [0.25, 0.3) is 0 Å². The smallest absolute Gasteiger partial charge is 0.225 e. The van der Waals surface area contributed by atoms with Crippen molar-refractivity contribution in [2.75, 3.05) is 14.1 Å². The van der Waals surface area contributed by atoms with Crippen LogP contribution in [0.3, 0.4) is 0 Å². The molecule has 2 fully saturated rings. The highest BCUT2D eigenvalue weighted by Gasteiger charge is 2.41. The zero-order chi connectivity index (χ0) is 11.0. The summed E-state index contributed by atoms with van der Waals surface area (Å²) in [6.07, 6.45) is 4.64. The highest BCUT2D eigenvalue weighted by atomic mass is 16.2. The molecule has 1 saturated carbocycles. The van der Waals surface area contributed by atoms with E-state index in [2.05, 4.69) is 12.2 Å². The van der Waals surface area contributed by atoms with Crippen molar-refractivity contribution in [1.29, 1.82) is 0 Å². The second-order valence-electron chi connectivity index (χ2n) is 5.33. The summed E-state index contributed by atoms with van der Waals surface area (Å²) in [6.45, 7) is 2.25. The summed E-state index contributed by atoms with van der Waals surface area (Å²) in [7, 11) is 3.72. The molecule has 86 valence electrons. The maximum absolute atomic E-state index is 11.8. The van der Waals surface area contributed by atoms with E-state index < -0.39 is 0 Å². The van der Waals surface area contributed by atoms with E-state index in [4.69, 9.17) is 0 Å². The molecule has 1 saturated heterocycles. The number of hydrogen-bond acceptors (Lipinski definition) is 2. The lowest BCUT2D eigenvalue weighted by Crippen LogP contribution is -2.33. The van der Waals surface area contributed by atoms with Gasteiger partial charge in [-0.1, -0.05) is 0 Å². The molecular formula is C12H22N2O. The Labute approximate surface area is 92.2 Å². The predicted molar refractivity (Wildman–Crippen MR) is 60.5 cm³/mol. The van der Waals surface area contributed by atoms with Gasteiger partial charge in [-0.15, -0.1) is 0 Å². The number of carbonyl (C=O) groups is 1. The number of hydrogen-bond donors (Lipinski definition) is 1. The molecule has 2 atom stereocenters. The van der Waals surface area contributed by atoms with Gasteiger partial charge in [-0.3, -0.25) is 4.79 Å². The van der Waals surface area contributed by atoms with Crippen LogP contribution in [0.5, 0.6) is 0 Å². The Morgan fingerprint density at radius 2 is 1.73 bits per heavy atom. The first kappa shape index (κ1) is 10.9. The monoisotopic (exact) mass is 210 g/mol. The van der Waals surface area contributed by atoms with Crippen LogP contribution < -0.4 is 5.32 Å². The normalized spacial score (nSPS) is 39.9. The van der Waals surface area contributed by atoms with Gasteiger partial charge in [0.2, 0.25) is 5.91 Å². The Kier molecular flexibility index (Phi) is 3.01. The summed E-state index contributed by atoms with van der Waals surface area (Å²) < 4.78 is 0. The predicted octanol–water partition coefficient (Wildman–Crippen LogP) is 1.24. The summed E-state index contributed by atoms with van der Waals surface area (Å²) >= 11 is 0. The van der Waals surface area contributed by atoms with Crippen LogP contribution in [-0.4, -0.2) is 37.0 Å². The first-order valence-electron chi connectivity index (χ1n) is 6.07. The van der Waals surface area contributed by atoms with Crippen molar-refractivity contribution in [3.05, 3.63) is 0 Å². The topological polar surface area (TPSA) is 42.3 Å². The number of nitrogens with one attached hydrogen (secondary N) is 1. The van der Waals surface area contributed by atoms with Crippen molar-refractivity contribution >= 4 is 5.91 Å². The van der Waals surface area contributed by atoms with Gasteiger partial charge in [0, 0.05) is 32.1 Å². The summed E-state index contributed by atoms with van der Waals surface area (Å²) in [5.41, 5.74) is 0. The molecule has 2 unspecified atom stereocenters. The second kappa shape index (κ2) is 4.12.